The van der Waals surface area contributed by atoms with Gasteiger partial charge in [-0.1, -0.05) is 0 Å². The Morgan fingerprint density at radius 2 is 1.91 bits per heavy atom. The molecule has 0 spiro atoms. The standard InChI is InChI=1S/C25H24N4O4/c1-25(2)22(30)12-16-11-15(5-7-19(16)33-25)18-14-29-10-9-26-24(29)23(28-18)27-17-6-8-20(31-3)21(13-17)32-4/h5-11,13-14H,12H2,1-4H3,(H,27,28). The van der Waals surface area contributed by atoms with Gasteiger partial charge < -0.3 is 23.9 Å². The van der Waals surface area contributed by atoms with Crippen molar-refractivity contribution in [1.29, 1.82) is 0 Å². The van der Waals surface area contributed by atoms with Crippen molar-refractivity contribution in [2.75, 3.05) is 19.5 Å². The lowest BCUT2D eigenvalue weighted by molar-refractivity contribution is -0.132. The third-order valence-corrected chi connectivity index (χ3v) is 5.76. The monoisotopic (exact) mass is 444 g/mol. The van der Waals surface area contributed by atoms with Gasteiger partial charge in [-0.05, 0) is 44.2 Å². The van der Waals surface area contributed by atoms with Gasteiger partial charge in [0, 0.05) is 47.9 Å². The van der Waals surface area contributed by atoms with E-state index in [9.17, 15) is 4.79 Å². The van der Waals surface area contributed by atoms with Crippen LogP contribution in [0.1, 0.15) is 19.4 Å². The number of hydrogen-bond donors (Lipinski definition) is 1. The van der Waals surface area contributed by atoms with Crippen molar-refractivity contribution < 1.29 is 19.0 Å². The van der Waals surface area contributed by atoms with E-state index in [2.05, 4.69) is 10.3 Å². The van der Waals surface area contributed by atoms with Crippen LogP contribution in [-0.2, 0) is 11.2 Å². The average Bonchev–Trinajstić information content (AvgIpc) is 3.28. The van der Waals surface area contributed by atoms with E-state index in [0.29, 0.717) is 29.4 Å². The number of nitrogens with one attached hydrogen (secondary N) is 1. The Morgan fingerprint density at radius 1 is 1.09 bits per heavy atom. The van der Waals surface area contributed by atoms with Gasteiger partial charge in [-0.3, -0.25) is 4.79 Å². The molecule has 0 radical (unpaired) electrons. The molecule has 8 nitrogen and oxygen atoms in total. The molecule has 3 heterocycles. The molecule has 1 aliphatic rings. The highest BCUT2D eigenvalue weighted by Gasteiger charge is 2.35. The molecule has 1 aliphatic heterocycles. The molecule has 168 valence electrons. The van der Waals surface area contributed by atoms with E-state index in [0.717, 1.165) is 28.3 Å². The second-order valence-corrected chi connectivity index (χ2v) is 8.36. The highest BCUT2D eigenvalue weighted by atomic mass is 16.5. The smallest absolute Gasteiger partial charge is 0.180 e. The maximum atomic E-state index is 12.4. The molecule has 0 aliphatic carbocycles. The number of ether oxygens (including phenoxy) is 3. The van der Waals surface area contributed by atoms with Gasteiger partial charge in [-0.2, -0.15) is 0 Å². The molecule has 0 bridgehead atoms. The first-order valence-corrected chi connectivity index (χ1v) is 10.6. The molecule has 2 aromatic carbocycles. The fourth-order valence-electron chi connectivity index (χ4n) is 3.90. The lowest BCUT2D eigenvalue weighted by Gasteiger charge is -2.31. The van der Waals surface area contributed by atoms with Gasteiger partial charge in [0.25, 0.3) is 0 Å². The summed E-state index contributed by atoms with van der Waals surface area (Å²) < 4.78 is 18.6. The van der Waals surface area contributed by atoms with E-state index < -0.39 is 5.60 Å². The normalized spacial score (nSPS) is 14.5. The Morgan fingerprint density at radius 3 is 2.70 bits per heavy atom. The minimum Gasteiger partial charge on any atom is -0.493 e. The molecule has 0 saturated carbocycles. The number of Topliss-reactive ketones (excluding diaryl/α,β-unsaturated/α-hetero) is 1. The van der Waals surface area contributed by atoms with Crippen LogP contribution in [0.2, 0.25) is 0 Å². The molecule has 0 unspecified atom stereocenters. The molecule has 4 aromatic rings. The van der Waals surface area contributed by atoms with Crippen molar-refractivity contribution in [3.05, 3.63) is 60.6 Å². The van der Waals surface area contributed by atoms with Crippen LogP contribution in [0.5, 0.6) is 17.2 Å². The number of carbonyl (C=O) groups is 1. The van der Waals surface area contributed by atoms with E-state index in [-0.39, 0.29) is 5.78 Å². The van der Waals surface area contributed by atoms with Crippen LogP contribution in [0.3, 0.4) is 0 Å². The van der Waals surface area contributed by atoms with Crippen LogP contribution in [-0.4, -0.2) is 40.0 Å². The summed E-state index contributed by atoms with van der Waals surface area (Å²) in [6, 6.07) is 11.4. The molecule has 0 amide bonds. The van der Waals surface area contributed by atoms with Crippen molar-refractivity contribution in [1.82, 2.24) is 14.4 Å². The molecule has 0 atom stereocenters. The summed E-state index contributed by atoms with van der Waals surface area (Å²) in [5, 5.41) is 3.34. The number of aromatic nitrogens is 3. The number of ketones is 1. The Balaban J connectivity index is 1.54. The van der Waals surface area contributed by atoms with Crippen LogP contribution in [0, 0.1) is 0 Å². The number of anilines is 2. The summed E-state index contributed by atoms with van der Waals surface area (Å²) in [7, 11) is 3.20. The number of nitrogens with zero attached hydrogens (tertiary/aromatic N) is 3. The van der Waals surface area contributed by atoms with Crippen LogP contribution in [0.15, 0.2) is 55.0 Å². The van der Waals surface area contributed by atoms with Crippen LogP contribution >= 0.6 is 0 Å². The molecule has 0 saturated heterocycles. The average molecular weight is 444 g/mol. The highest BCUT2D eigenvalue weighted by Crippen LogP contribution is 2.35. The minimum atomic E-state index is -0.807. The van der Waals surface area contributed by atoms with Gasteiger partial charge in [0.1, 0.15) is 5.75 Å². The highest BCUT2D eigenvalue weighted by molar-refractivity contribution is 5.91. The molecule has 8 heteroatoms. The van der Waals surface area contributed by atoms with Gasteiger partial charge in [0.15, 0.2) is 34.3 Å². The Hall–Kier alpha value is -4.07. The predicted molar refractivity (Wildman–Crippen MR) is 125 cm³/mol. The first-order valence-electron chi connectivity index (χ1n) is 10.6. The van der Waals surface area contributed by atoms with Gasteiger partial charge in [-0.15, -0.1) is 0 Å². The number of hydrogen-bond acceptors (Lipinski definition) is 7. The van der Waals surface area contributed by atoms with Gasteiger partial charge >= 0.3 is 0 Å². The molecule has 5 rings (SSSR count). The number of fused-ring (bicyclic) bond motifs is 2. The summed E-state index contributed by atoms with van der Waals surface area (Å²) in [6.07, 6.45) is 5.84. The van der Waals surface area contributed by atoms with E-state index >= 15 is 0 Å². The number of methoxy groups -OCH3 is 2. The van der Waals surface area contributed by atoms with E-state index in [1.807, 2.05) is 53.2 Å². The number of rotatable bonds is 5. The summed E-state index contributed by atoms with van der Waals surface area (Å²) in [6.45, 7) is 3.60. The van der Waals surface area contributed by atoms with E-state index in [1.165, 1.54) is 0 Å². The Bertz CT molecular complexity index is 1380. The molecular weight excluding hydrogens is 420 g/mol. The SMILES string of the molecule is COc1ccc(Nc2nc(-c3ccc4c(c3)CC(=O)C(C)(C)O4)cn3ccnc23)cc1OC. The van der Waals surface area contributed by atoms with Crippen LogP contribution < -0.4 is 19.5 Å². The molecular formula is C25H24N4O4. The predicted octanol–water partition coefficient (Wildman–Crippen LogP) is 4.44. The summed E-state index contributed by atoms with van der Waals surface area (Å²) in [5.41, 5.74) is 3.15. The Labute approximate surface area is 191 Å². The topological polar surface area (TPSA) is 87.0 Å². The van der Waals surface area contributed by atoms with Crippen LogP contribution in [0.4, 0.5) is 11.5 Å². The second-order valence-electron chi connectivity index (χ2n) is 8.36. The van der Waals surface area contributed by atoms with Crippen LogP contribution in [0.25, 0.3) is 16.9 Å². The van der Waals surface area contributed by atoms with Gasteiger partial charge in [0.05, 0.1) is 19.9 Å². The number of imidazole rings is 1. The minimum absolute atomic E-state index is 0.0565. The maximum absolute atomic E-state index is 12.4. The lowest BCUT2D eigenvalue weighted by atomic mass is 9.91. The molecule has 2 aromatic heterocycles. The van der Waals surface area contributed by atoms with Crippen molar-refractivity contribution in [2.45, 2.75) is 25.9 Å². The zero-order valence-electron chi connectivity index (χ0n) is 18.9. The van der Waals surface area contributed by atoms with Crippen molar-refractivity contribution in [2.24, 2.45) is 0 Å². The fraction of sp³-hybridized carbons (Fsp3) is 0.240. The van der Waals surface area contributed by atoms with Crippen molar-refractivity contribution >= 4 is 22.9 Å². The lowest BCUT2D eigenvalue weighted by Crippen LogP contribution is -2.42. The fourth-order valence-corrected chi connectivity index (χ4v) is 3.90. The summed E-state index contributed by atoms with van der Waals surface area (Å²) >= 11 is 0. The zero-order valence-corrected chi connectivity index (χ0v) is 18.9. The van der Waals surface area contributed by atoms with Gasteiger partial charge in [-0.25, -0.2) is 9.97 Å². The maximum Gasteiger partial charge on any atom is 0.180 e. The zero-order chi connectivity index (χ0) is 23.2. The van der Waals surface area contributed by atoms with Gasteiger partial charge in [0.2, 0.25) is 0 Å². The second kappa shape index (κ2) is 7.81. The Kier molecular flexibility index (Phi) is 4.92. The summed E-state index contributed by atoms with van der Waals surface area (Å²) in [5.74, 6) is 2.64. The van der Waals surface area contributed by atoms with Crippen molar-refractivity contribution in [3.8, 4) is 28.5 Å². The molecule has 33 heavy (non-hydrogen) atoms. The first-order chi connectivity index (χ1) is 15.9. The largest absolute Gasteiger partial charge is 0.493 e. The quantitative estimate of drug-likeness (QED) is 0.487. The molecule has 1 N–H and O–H groups in total. The first kappa shape index (κ1) is 20.8. The number of carbonyl (C=O) groups excluding carboxylic acids is 1. The third-order valence-electron chi connectivity index (χ3n) is 5.76. The van der Waals surface area contributed by atoms with E-state index in [4.69, 9.17) is 19.2 Å². The summed E-state index contributed by atoms with van der Waals surface area (Å²) in [4.78, 5) is 21.7. The number of benzene rings is 2. The third kappa shape index (κ3) is 3.73. The van der Waals surface area contributed by atoms with Crippen molar-refractivity contribution in [3.63, 3.8) is 0 Å². The van der Waals surface area contributed by atoms with E-state index in [1.54, 1.807) is 34.3 Å². The molecule has 0 fully saturated rings.